The van der Waals surface area contributed by atoms with Gasteiger partial charge in [0.15, 0.2) is 0 Å². The van der Waals surface area contributed by atoms with Crippen molar-refractivity contribution in [1.29, 1.82) is 0 Å². The van der Waals surface area contributed by atoms with Gasteiger partial charge in [0.2, 0.25) is 5.43 Å². The minimum atomic E-state index is 0.0500. The Morgan fingerprint density at radius 1 is 0.917 bits per heavy atom. The summed E-state index contributed by atoms with van der Waals surface area (Å²) in [7, 11) is 1.99. The minimum absolute atomic E-state index is 0.0500. The van der Waals surface area contributed by atoms with Crippen LogP contribution in [0.3, 0.4) is 0 Å². The van der Waals surface area contributed by atoms with Gasteiger partial charge in [0, 0.05) is 13.6 Å². The minimum Gasteiger partial charge on any atom is -0.371 e. The first-order chi connectivity index (χ1) is 11.4. The average molecular weight is 357 g/mol. The van der Waals surface area contributed by atoms with Crippen LogP contribution in [0.25, 0.3) is 0 Å². The highest BCUT2D eigenvalue weighted by Gasteiger charge is 2.17. The highest BCUT2D eigenvalue weighted by molar-refractivity contribution is 7.71. The van der Waals surface area contributed by atoms with Gasteiger partial charge in [-0.05, 0) is 51.4 Å². The van der Waals surface area contributed by atoms with Crippen LogP contribution in [0.1, 0.15) is 72.8 Å². The van der Waals surface area contributed by atoms with Gasteiger partial charge >= 0.3 is 0 Å². The van der Waals surface area contributed by atoms with Crippen LogP contribution in [0, 0.1) is 11.4 Å². The van der Waals surface area contributed by atoms with E-state index < -0.39 is 0 Å². The van der Waals surface area contributed by atoms with Crippen LogP contribution in [-0.2, 0) is 0 Å². The van der Waals surface area contributed by atoms with Crippen LogP contribution < -0.4 is 10.3 Å². The van der Waals surface area contributed by atoms with Crippen LogP contribution >= 0.6 is 12.2 Å². The molecule has 0 radical (unpaired) electrons. The Morgan fingerprint density at radius 3 is 1.75 bits per heavy atom. The molecule has 24 heavy (non-hydrogen) atoms. The molecule has 0 saturated carbocycles. The summed E-state index contributed by atoms with van der Waals surface area (Å²) in [5.41, 5.74) is 1.86. The SMILES string of the molecule is CC.CCC.CCCN(CCC)CCCN(C)c1c(C)c(=S)c1=O. The standard InChI is InChI=1S/C15H26N2OS.C3H8.C2H6/c1-5-8-17(9-6-2)11-7-10-16(4)13-12(3)15(19)14(13)18;1-3-2;1-2/h5-11H2,1-4H3;3H2,1-2H3;1-2H3. The molecule has 0 aliphatic rings. The quantitative estimate of drug-likeness (QED) is 0.556. The lowest BCUT2D eigenvalue weighted by molar-refractivity contribution is 0.272. The second-order valence-corrected chi connectivity index (χ2v) is 6.36. The van der Waals surface area contributed by atoms with E-state index in [-0.39, 0.29) is 5.43 Å². The maximum Gasteiger partial charge on any atom is 0.220 e. The molecule has 0 amide bonds. The molecule has 0 heterocycles. The van der Waals surface area contributed by atoms with E-state index in [0.717, 1.165) is 30.8 Å². The van der Waals surface area contributed by atoms with Gasteiger partial charge in [0.05, 0.1) is 10.2 Å². The average Bonchev–Trinajstić information content (AvgIpc) is 2.57. The summed E-state index contributed by atoms with van der Waals surface area (Å²) in [6.07, 6.45) is 4.74. The number of nitrogens with zero attached hydrogens (tertiary/aromatic N) is 2. The molecular weight excluding hydrogens is 316 g/mol. The zero-order valence-corrected chi connectivity index (χ0v) is 18.2. The van der Waals surface area contributed by atoms with Crippen molar-refractivity contribution < 1.29 is 0 Å². The topological polar surface area (TPSA) is 23.6 Å². The molecular formula is C20H40N2OS. The summed E-state index contributed by atoms with van der Waals surface area (Å²) in [5, 5.41) is 0. The maximum absolute atomic E-state index is 11.7. The lowest BCUT2D eigenvalue weighted by Gasteiger charge is -2.25. The normalized spacial score (nSPS) is 10.0. The summed E-state index contributed by atoms with van der Waals surface area (Å²) >= 11 is 5.01. The summed E-state index contributed by atoms with van der Waals surface area (Å²) < 4.78 is 0.514. The molecule has 0 bridgehead atoms. The molecule has 0 N–H and O–H groups in total. The highest BCUT2D eigenvalue weighted by Crippen LogP contribution is 2.18. The molecule has 0 atom stereocenters. The van der Waals surface area contributed by atoms with E-state index >= 15 is 0 Å². The van der Waals surface area contributed by atoms with Gasteiger partial charge in [-0.2, -0.15) is 0 Å². The lowest BCUT2D eigenvalue weighted by Crippen LogP contribution is -2.33. The van der Waals surface area contributed by atoms with E-state index in [9.17, 15) is 4.79 Å². The van der Waals surface area contributed by atoms with E-state index in [2.05, 4.69) is 37.5 Å². The van der Waals surface area contributed by atoms with Gasteiger partial charge < -0.3 is 9.80 Å². The first-order valence-corrected chi connectivity index (χ1v) is 10.1. The third-order valence-electron chi connectivity index (χ3n) is 3.55. The molecule has 0 spiro atoms. The highest BCUT2D eigenvalue weighted by atomic mass is 32.1. The van der Waals surface area contributed by atoms with Crippen LogP contribution in [0.5, 0.6) is 0 Å². The third-order valence-corrected chi connectivity index (χ3v) is 4.04. The van der Waals surface area contributed by atoms with Gasteiger partial charge in [0.25, 0.3) is 0 Å². The third kappa shape index (κ3) is 8.93. The zero-order chi connectivity index (χ0) is 19.1. The van der Waals surface area contributed by atoms with Gasteiger partial charge in [-0.25, -0.2) is 0 Å². The van der Waals surface area contributed by atoms with E-state index in [1.165, 1.54) is 32.4 Å². The fourth-order valence-corrected chi connectivity index (χ4v) is 2.76. The Kier molecular flexibility index (Phi) is 16.8. The molecule has 142 valence electrons. The Bertz CT molecular complexity index is 472. The van der Waals surface area contributed by atoms with Crippen molar-refractivity contribution in [2.75, 3.05) is 38.1 Å². The number of hydrogen-bond donors (Lipinski definition) is 0. The Hall–Kier alpha value is -0.740. The van der Waals surface area contributed by atoms with E-state index in [4.69, 9.17) is 12.2 Å². The van der Waals surface area contributed by atoms with Gasteiger partial charge in [0.1, 0.15) is 0 Å². The fraction of sp³-hybridized carbons (Fsp3) is 0.800. The molecule has 0 aliphatic carbocycles. The van der Waals surface area contributed by atoms with Crippen molar-refractivity contribution in [3.05, 3.63) is 20.3 Å². The molecule has 0 fully saturated rings. The van der Waals surface area contributed by atoms with Crippen LogP contribution in [0.4, 0.5) is 5.69 Å². The van der Waals surface area contributed by atoms with Crippen molar-refractivity contribution in [1.82, 2.24) is 4.90 Å². The van der Waals surface area contributed by atoms with Crippen molar-refractivity contribution in [3.63, 3.8) is 0 Å². The Morgan fingerprint density at radius 2 is 1.38 bits per heavy atom. The van der Waals surface area contributed by atoms with Crippen molar-refractivity contribution in [2.45, 2.75) is 74.1 Å². The van der Waals surface area contributed by atoms with E-state index in [1.807, 2.05) is 27.8 Å². The summed E-state index contributed by atoms with van der Waals surface area (Å²) in [4.78, 5) is 16.2. The number of rotatable bonds is 9. The monoisotopic (exact) mass is 356 g/mol. The van der Waals surface area contributed by atoms with Crippen molar-refractivity contribution in [2.24, 2.45) is 0 Å². The smallest absolute Gasteiger partial charge is 0.220 e. The molecule has 1 aromatic rings. The molecule has 1 rings (SSSR count). The second-order valence-electron chi connectivity index (χ2n) is 5.96. The number of hydrogen-bond acceptors (Lipinski definition) is 4. The molecule has 0 aromatic heterocycles. The summed E-state index contributed by atoms with van der Waals surface area (Å²) in [6, 6.07) is 0. The largest absolute Gasteiger partial charge is 0.371 e. The first kappa shape index (κ1) is 25.5. The van der Waals surface area contributed by atoms with Crippen LogP contribution in [0.15, 0.2) is 4.79 Å². The zero-order valence-electron chi connectivity index (χ0n) is 17.4. The van der Waals surface area contributed by atoms with Crippen LogP contribution in [-0.4, -0.2) is 38.1 Å². The van der Waals surface area contributed by atoms with Gasteiger partial charge in [-0.3, -0.25) is 4.79 Å². The van der Waals surface area contributed by atoms with Crippen molar-refractivity contribution in [3.8, 4) is 0 Å². The Labute approximate surface area is 155 Å². The lowest BCUT2D eigenvalue weighted by atomic mass is 10.1. The fourth-order valence-electron chi connectivity index (χ4n) is 2.56. The molecule has 1 aromatic carbocycles. The predicted molar refractivity (Wildman–Crippen MR) is 113 cm³/mol. The predicted octanol–water partition coefficient (Wildman–Crippen LogP) is 5.35. The maximum atomic E-state index is 11.7. The Balaban J connectivity index is 0. The van der Waals surface area contributed by atoms with Gasteiger partial charge in [-0.15, -0.1) is 0 Å². The second kappa shape index (κ2) is 15.8. The van der Waals surface area contributed by atoms with E-state index in [0.29, 0.717) is 4.51 Å². The molecule has 0 saturated heterocycles. The van der Waals surface area contributed by atoms with Gasteiger partial charge in [-0.1, -0.05) is 60.2 Å². The molecule has 4 heteroatoms. The summed E-state index contributed by atoms with van der Waals surface area (Å²) in [5.74, 6) is 0. The van der Waals surface area contributed by atoms with E-state index in [1.54, 1.807) is 0 Å². The summed E-state index contributed by atoms with van der Waals surface area (Å²) in [6.45, 7) is 19.0. The van der Waals surface area contributed by atoms with Crippen molar-refractivity contribution >= 4 is 17.9 Å². The molecule has 0 unspecified atom stereocenters. The first-order valence-electron chi connectivity index (χ1n) is 9.67. The molecule has 0 aliphatic heterocycles. The van der Waals surface area contributed by atoms with Crippen LogP contribution in [0.2, 0.25) is 0 Å². The molecule has 3 nitrogen and oxygen atoms in total. The number of anilines is 1.